The molecule has 0 saturated heterocycles. The summed E-state index contributed by atoms with van der Waals surface area (Å²) in [5.74, 6) is 1.87. The highest BCUT2D eigenvalue weighted by Gasteiger charge is 2.15. The molecule has 0 heterocycles. The minimum atomic E-state index is -0.506. The Morgan fingerprint density at radius 3 is 2.38 bits per heavy atom. The number of ether oxygens (including phenoxy) is 4. The van der Waals surface area contributed by atoms with E-state index in [1.807, 2.05) is 20.8 Å². The average Bonchev–Trinajstić information content (AvgIpc) is 2.41. The Kier molecular flexibility index (Phi) is 6.14. The highest BCUT2D eigenvalue weighted by molar-refractivity contribution is 5.67. The van der Waals surface area contributed by atoms with Crippen LogP contribution in [0.4, 0.5) is 4.79 Å². The van der Waals surface area contributed by atoms with Crippen LogP contribution in [-0.4, -0.2) is 39.1 Å². The van der Waals surface area contributed by atoms with Crippen molar-refractivity contribution >= 4 is 6.09 Å². The van der Waals surface area contributed by atoms with E-state index >= 15 is 0 Å². The van der Waals surface area contributed by atoms with E-state index in [4.69, 9.17) is 18.9 Å². The van der Waals surface area contributed by atoms with Crippen LogP contribution in [0.3, 0.4) is 0 Å². The maximum absolute atomic E-state index is 11.4. The van der Waals surface area contributed by atoms with Crippen LogP contribution in [0.25, 0.3) is 0 Å². The summed E-state index contributed by atoms with van der Waals surface area (Å²) in [5.41, 5.74) is -0.506. The molecular formula is C15H23NO5. The smallest absolute Gasteiger partial charge is 0.407 e. The summed E-state index contributed by atoms with van der Waals surface area (Å²) in [6.45, 7) is 6.12. The molecule has 21 heavy (non-hydrogen) atoms. The fourth-order valence-corrected chi connectivity index (χ4v) is 1.54. The Morgan fingerprint density at radius 2 is 1.81 bits per heavy atom. The number of hydrogen-bond donors (Lipinski definition) is 1. The van der Waals surface area contributed by atoms with Crippen molar-refractivity contribution in [2.24, 2.45) is 0 Å². The summed E-state index contributed by atoms with van der Waals surface area (Å²) in [6.07, 6.45) is -0.460. The summed E-state index contributed by atoms with van der Waals surface area (Å²) in [5, 5.41) is 2.62. The molecule has 0 aliphatic rings. The van der Waals surface area contributed by atoms with Gasteiger partial charge < -0.3 is 24.3 Å². The van der Waals surface area contributed by atoms with Gasteiger partial charge in [-0.15, -0.1) is 0 Å². The van der Waals surface area contributed by atoms with Crippen LogP contribution in [0.1, 0.15) is 20.8 Å². The first-order chi connectivity index (χ1) is 9.85. The third kappa shape index (κ3) is 6.25. The molecular weight excluding hydrogens is 274 g/mol. The van der Waals surface area contributed by atoms with E-state index in [1.165, 1.54) is 0 Å². The van der Waals surface area contributed by atoms with Gasteiger partial charge in [0.05, 0.1) is 20.8 Å². The minimum Gasteiger partial charge on any atom is -0.493 e. The number of carbonyl (C=O) groups is 1. The van der Waals surface area contributed by atoms with Gasteiger partial charge in [0.25, 0.3) is 0 Å². The molecule has 0 unspecified atom stereocenters. The summed E-state index contributed by atoms with van der Waals surface area (Å²) in [6, 6.07) is 5.26. The molecule has 6 nitrogen and oxygen atoms in total. The topological polar surface area (TPSA) is 66.0 Å². The van der Waals surface area contributed by atoms with Crippen LogP contribution in [0, 0.1) is 0 Å². The number of hydrogen-bond acceptors (Lipinski definition) is 5. The maximum atomic E-state index is 11.4. The first kappa shape index (κ1) is 16.9. The van der Waals surface area contributed by atoms with Gasteiger partial charge in [-0.3, -0.25) is 0 Å². The third-order valence-electron chi connectivity index (χ3n) is 2.39. The van der Waals surface area contributed by atoms with Gasteiger partial charge in [-0.25, -0.2) is 4.79 Å². The van der Waals surface area contributed by atoms with Gasteiger partial charge in [-0.05, 0) is 32.9 Å². The molecule has 0 radical (unpaired) electrons. The fraction of sp³-hybridized carbons (Fsp3) is 0.533. The molecule has 0 spiro atoms. The molecule has 1 rings (SSSR count). The number of nitrogens with one attached hydrogen (secondary N) is 1. The lowest BCUT2D eigenvalue weighted by atomic mass is 10.2. The zero-order valence-corrected chi connectivity index (χ0v) is 13.2. The number of benzene rings is 1. The van der Waals surface area contributed by atoms with E-state index in [0.717, 1.165) is 0 Å². The largest absolute Gasteiger partial charge is 0.493 e. The van der Waals surface area contributed by atoms with E-state index in [-0.39, 0.29) is 0 Å². The maximum Gasteiger partial charge on any atom is 0.407 e. The second kappa shape index (κ2) is 7.61. The van der Waals surface area contributed by atoms with E-state index in [0.29, 0.717) is 30.4 Å². The normalized spacial score (nSPS) is 10.7. The van der Waals surface area contributed by atoms with Crippen molar-refractivity contribution in [3.8, 4) is 17.2 Å². The van der Waals surface area contributed by atoms with Crippen LogP contribution >= 0.6 is 0 Å². The van der Waals surface area contributed by atoms with E-state index in [9.17, 15) is 4.79 Å². The number of alkyl carbamates (subject to hydrolysis) is 1. The zero-order valence-electron chi connectivity index (χ0n) is 13.2. The molecule has 1 amide bonds. The van der Waals surface area contributed by atoms with Gasteiger partial charge in [0.2, 0.25) is 0 Å². The number of carbonyl (C=O) groups excluding carboxylic acids is 1. The van der Waals surface area contributed by atoms with Crippen molar-refractivity contribution in [1.29, 1.82) is 0 Å². The van der Waals surface area contributed by atoms with Crippen LogP contribution < -0.4 is 19.5 Å². The van der Waals surface area contributed by atoms with Crippen molar-refractivity contribution in [1.82, 2.24) is 5.32 Å². The monoisotopic (exact) mass is 297 g/mol. The molecule has 0 fully saturated rings. The van der Waals surface area contributed by atoms with Crippen molar-refractivity contribution in [3.63, 3.8) is 0 Å². The first-order valence-electron chi connectivity index (χ1n) is 6.67. The number of rotatable bonds is 6. The Bertz CT molecular complexity index is 468. The molecule has 0 atom stereocenters. The Labute approximate surface area is 125 Å². The van der Waals surface area contributed by atoms with Crippen molar-refractivity contribution in [2.45, 2.75) is 26.4 Å². The molecule has 6 heteroatoms. The molecule has 1 aromatic carbocycles. The molecule has 0 aromatic heterocycles. The highest BCUT2D eigenvalue weighted by Crippen LogP contribution is 2.30. The Hall–Kier alpha value is -2.11. The number of methoxy groups -OCH3 is 2. The second-order valence-electron chi connectivity index (χ2n) is 5.29. The molecule has 1 aromatic rings. The Balaban J connectivity index is 2.38. The SMILES string of the molecule is COc1ccc(OCCNC(=O)OC(C)(C)C)cc1OC. The molecule has 0 aliphatic carbocycles. The van der Waals surface area contributed by atoms with E-state index in [1.54, 1.807) is 32.4 Å². The van der Waals surface area contributed by atoms with Gasteiger partial charge in [0.15, 0.2) is 11.5 Å². The van der Waals surface area contributed by atoms with Crippen molar-refractivity contribution in [3.05, 3.63) is 18.2 Å². The predicted octanol–water partition coefficient (Wildman–Crippen LogP) is 2.61. The van der Waals surface area contributed by atoms with Gasteiger partial charge in [-0.1, -0.05) is 0 Å². The standard InChI is InChI=1S/C15H23NO5/c1-15(2,3)21-14(17)16-8-9-20-11-6-7-12(18-4)13(10-11)19-5/h6-7,10H,8-9H2,1-5H3,(H,16,17). The van der Waals surface area contributed by atoms with Gasteiger partial charge in [-0.2, -0.15) is 0 Å². The highest BCUT2D eigenvalue weighted by atomic mass is 16.6. The molecule has 0 bridgehead atoms. The number of amides is 1. The van der Waals surface area contributed by atoms with Gasteiger partial charge in [0.1, 0.15) is 18.0 Å². The van der Waals surface area contributed by atoms with E-state index in [2.05, 4.69) is 5.32 Å². The van der Waals surface area contributed by atoms with Gasteiger partial charge in [0, 0.05) is 6.07 Å². The Morgan fingerprint density at radius 1 is 1.14 bits per heavy atom. The third-order valence-corrected chi connectivity index (χ3v) is 2.39. The second-order valence-corrected chi connectivity index (χ2v) is 5.29. The van der Waals surface area contributed by atoms with Crippen LogP contribution in [0.15, 0.2) is 18.2 Å². The first-order valence-corrected chi connectivity index (χ1v) is 6.67. The fourth-order valence-electron chi connectivity index (χ4n) is 1.54. The lowest BCUT2D eigenvalue weighted by Crippen LogP contribution is -2.34. The summed E-state index contributed by atoms with van der Waals surface area (Å²) in [4.78, 5) is 11.4. The van der Waals surface area contributed by atoms with E-state index < -0.39 is 11.7 Å². The van der Waals surface area contributed by atoms with Crippen LogP contribution in [0.2, 0.25) is 0 Å². The summed E-state index contributed by atoms with van der Waals surface area (Å²) < 4.78 is 21.0. The van der Waals surface area contributed by atoms with Crippen molar-refractivity contribution in [2.75, 3.05) is 27.4 Å². The quantitative estimate of drug-likeness (QED) is 0.818. The molecule has 0 saturated carbocycles. The predicted molar refractivity (Wildman–Crippen MR) is 79.3 cm³/mol. The van der Waals surface area contributed by atoms with Crippen molar-refractivity contribution < 1.29 is 23.7 Å². The molecule has 118 valence electrons. The summed E-state index contributed by atoms with van der Waals surface area (Å²) in [7, 11) is 3.13. The van der Waals surface area contributed by atoms with Crippen LogP contribution in [-0.2, 0) is 4.74 Å². The van der Waals surface area contributed by atoms with Crippen LogP contribution in [0.5, 0.6) is 17.2 Å². The average molecular weight is 297 g/mol. The minimum absolute atomic E-state index is 0.328. The molecule has 0 aliphatic heterocycles. The van der Waals surface area contributed by atoms with Gasteiger partial charge >= 0.3 is 6.09 Å². The summed E-state index contributed by atoms with van der Waals surface area (Å²) >= 11 is 0. The lowest BCUT2D eigenvalue weighted by Gasteiger charge is -2.19. The molecule has 1 N–H and O–H groups in total. The zero-order chi connectivity index (χ0) is 15.9. The lowest BCUT2D eigenvalue weighted by molar-refractivity contribution is 0.0520.